The zero-order chi connectivity index (χ0) is 13.8. The predicted molar refractivity (Wildman–Crippen MR) is 75.6 cm³/mol. The molecule has 0 heterocycles. The molecule has 0 aliphatic carbocycles. The molecule has 0 aliphatic heterocycles. The van der Waals surface area contributed by atoms with Gasteiger partial charge in [0.2, 0.25) is 0 Å². The summed E-state index contributed by atoms with van der Waals surface area (Å²) < 4.78 is 0. The van der Waals surface area contributed by atoms with Crippen LogP contribution in [-0.2, 0) is 6.61 Å². The first-order chi connectivity index (χ1) is 9.08. The number of aliphatic hydroxyl groups is 1. The first-order valence-electron chi connectivity index (χ1n) is 5.75. The van der Waals surface area contributed by atoms with E-state index in [1.165, 1.54) is 0 Å². The number of amides is 1. The van der Waals surface area contributed by atoms with E-state index in [0.29, 0.717) is 22.6 Å². The number of hydrogen-bond acceptors (Lipinski definition) is 4. The van der Waals surface area contributed by atoms with Gasteiger partial charge in [-0.05, 0) is 35.9 Å². The van der Waals surface area contributed by atoms with E-state index < -0.39 is 0 Å². The molecule has 0 aliphatic rings. The van der Waals surface area contributed by atoms with E-state index in [0.717, 1.165) is 5.56 Å². The fraction of sp³-hybridized carbons (Fsp3) is 0.0714. The molecule has 0 fully saturated rings. The van der Waals surface area contributed by atoms with Crippen LogP contribution in [0.5, 0.6) is 0 Å². The second-order valence-electron chi connectivity index (χ2n) is 4.20. The standard InChI is InChI=1S/C14H15N3O2/c15-11-5-10(6-12(16)7-11)14(19)17-13-3-1-9(8-18)2-4-13/h1-7,18H,8,15-16H2,(H,17,19). The lowest BCUT2D eigenvalue weighted by Crippen LogP contribution is -2.12. The maximum Gasteiger partial charge on any atom is 0.255 e. The normalized spacial score (nSPS) is 10.2. The lowest BCUT2D eigenvalue weighted by atomic mass is 10.1. The second-order valence-corrected chi connectivity index (χ2v) is 4.20. The molecule has 0 saturated carbocycles. The van der Waals surface area contributed by atoms with Gasteiger partial charge in [0, 0.05) is 22.6 Å². The number of rotatable bonds is 3. The van der Waals surface area contributed by atoms with E-state index in [1.807, 2.05) is 0 Å². The quantitative estimate of drug-likeness (QED) is 0.627. The minimum Gasteiger partial charge on any atom is -0.399 e. The van der Waals surface area contributed by atoms with Crippen LogP contribution in [0.3, 0.4) is 0 Å². The summed E-state index contributed by atoms with van der Waals surface area (Å²) in [5, 5.41) is 11.7. The van der Waals surface area contributed by atoms with Crippen molar-refractivity contribution < 1.29 is 9.90 Å². The van der Waals surface area contributed by atoms with Crippen LogP contribution in [-0.4, -0.2) is 11.0 Å². The Kier molecular flexibility index (Phi) is 3.68. The highest BCUT2D eigenvalue weighted by Crippen LogP contribution is 2.16. The van der Waals surface area contributed by atoms with Gasteiger partial charge in [-0.15, -0.1) is 0 Å². The molecule has 0 spiro atoms. The smallest absolute Gasteiger partial charge is 0.255 e. The Balaban J connectivity index is 2.15. The van der Waals surface area contributed by atoms with Crippen molar-refractivity contribution in [2.45, 2.75) is 6.61 Å². The van der Waals surface area contributed by atoms with Gasteiger partial charge in [0.15, 0.2) is 0 Å². The predicted octanol–water partition coefficient (Wildman–Crippen LogP) is 1.60. The molecular weight excluding hydrogens is 242 g/mol. The average Bonchev–Trinajstić information content (AvgIpc) is 2.38. The minimum absolute atomic E-state index is 0.0278. The summed E-state index contributed by atoms with van der Waals surface area (Å²) in [5.74, 6) is -0.282. The summed E-state index contributed by atoms with van der Waals surface area (Å²) in [5.41, 5.74) is 14.0. The number of carbonyl (C=O) groups excluding carboxylic acids is 1. The number of aliphatic hydroxyl groups excluding tert-OH is 1. The summed E-state index contributed by atoms with van der Waals surface area (Å²) in [6.07, 6.45) is 0. The minimum atomic E-state index is -0.282. The molecule has 0 aromatic heterocycles. The third-order valence-corrected chi connectivity index (χ3v) is 2.63. The van der Waals surface area contributed by atoms with Crippen molar-refractivity contribution in [1.82, 2.24) is 0 Å². The number of hydrogen-bond donors (Lipinski definition) is 4. The lowest BCUT2D eigenvalue weighted by molar-refractivity contribution is 0.102. The average molecular weight is 257 g/mol. The molecule has 2 aromatic carbocycles. The van der Waals surface area contributed by atoms with Crippen molar-refractivity contribution in [2.75, 3.05) is 16.8 Å². The number of benzene rings is 2. The summed E-state index contributed by atoms with van der Waals surface area (Å²) >= 11 is 0. The Morgan fingerprint density at radius 2 is 1.63 bits per heavy atom. The number of nitrogens with one attached hydrogen (secondary N) is 1. The van der Waals surface area contributed by atoms with E-state index in [2.05, 4.69) is 5.32 Å². The van der Waals surface area contributed by atoms with Crippen molar-refractivity contribution in [3.8, 4) is 0 Å². The first kappa shape index (κ1) is 12.9. The third kappa shape index (κ3) is 3.23. The van der Waals surface area contributed by atoms with Gasteiger partial charge in [-0.25, -0.2) is 0 Å². The van der Waals surface area contributed by atoms with E-state index >= 15 is 0 Å². The number of nitrogen functional groups attached to an aromatic ring is 2. The van der Waals surface area contributed by atoms with E-state index in [9.17, 15) is 4.79 Å². The Morgan fingerprint density at radius 1 is 1.05 bits per heavy atom. The van der Waals surface area contributed by atoms with E-state index in [1.54, 1.807) is 42.5 Å². The molecule has 0 radical (unpaired) electrons. The maximum atomic E-state index is 12.0. The highest BCUT2D eigenvalue weighted by Gasteiger charge is 2.07. The first-order valence-corrected chi connectivity index (χ1v) is 5.75. The van der Waals surface area contributed by atoms with Crippen LogP contribution in [0, 0.1) is 0 Å². The summed E-state index contributed by atoms with van der Waals surface area (Å²) in [6, 6.07) is 11.6. The number of carbonyl (C=O) groups is 1. The van der Waals surface area contributed by atoms with Gasteiger partial charge in [0.25, 0.3) is 5.91 Å². The molecule has 98 valence electrons. The molecule has 2 aromatic rings. The molecule has 19 heavy (non-hydrogen) atoms. The molecule has 0 saturated heterocycles. The maximum absolute atomic E-state index is 12.0. The van der Waals surface area contributed by atoms with Crippen molar-refractivity contribution in [3.63, 3.8) is 0 Å². The van der Waals surface area contributed by atoms with Gasteiger partial charge in [0.1, 0.15) is 0 Å². The number of anilines is 3. The van der Waals surface area contributed by atoms with Gasteiger partial charge in [-0.2, -0.15) is 0 Å². The summed E-state index contributed by atoms with van der Waals surface area (Å²) in [4.78, 5) is 12.0. The monoisotopic (exact) mass is 257 g/mol. The molecule has 6 N–H and O–H groups in total. The third-order valence-electron chi connectivity index (χ3n) is 2.63. The highest BCUT2D eigenvalue weighted by atomic mass is 16.3. The van der Waals surface area contributed by atoms with Crippen LogP contribution in [0.15, 0.2) is 42.5 Å². The number of nitrogens with two attached hydrogens (primary N) is 2. The van der Waals surface area contributed by atoms with Crippen LogP contribution in [0.4, 0.5) is 17.1 Å². The largest absolute Gasteiger partial charge is 0.399 e. The summed E-state index contributed by atoms with van der Waals surface area (Å²) in [6.45, 7) is -0.0278. The van der Waals surface area contributed by atoms with Gasteiger partial charge < -0.3 is 21.9 Å². The van der Waals surface area contributed by atoms with Crippen LogP contribution in [0.2, 0.25) is 0 Å². The van der Waals surface area contributed by atoms with Crippen molar-refractivity contribution in [1.29, 1.82) is 0 Å². The van der Waals surface area contributed by atoms with E-state index in [-0.39, 0.29) is 12.5 Å². The fourth-order valence-corrected chi connectivity index (χ4v) is 1.70. The zero-order valence-corrected chi connectivity index (χ0v) is 10.3. The van der Waals surface area contributed by atoms with Crippen molar-refractivity contribution in [2.24, 2.45) is 0 Å². The molecule has 0 bridgehead atoms. The topological polar surface area (TPSA) is 101 Å². The highest BCUT2D eigenvalue weighted by molar-refractivity contribution is 6.05. The Bertz CT molecular complexity index is 574. The van der Waals surface area contributed by atoms with Crippen molar-refractivity contribution in [3.05, 3.63) is 53.6 Å². The van der Waals surface area contributed by atoms with Gasteiger partial charge in [-0.3, -0.25) is 4.79 Å². The van der Waals surface area contributed by atoms with E-state index in [4.69, 9.17) is 16.6 Å². The van der Waals surface area contributed by atoms with Gasteiger partial charge in [0.05, 0.1) is 6.61 Å². The SMILES string of the molecule is Nc1cc(N)cc(C(=O)Nc2ccc(CO)cc2)c1. The summed E-state index contributed by atoms with van der Waals surface area (Å²) in [7, 11) is 0. The second kappa shape index (κ2) is 5.41. The van der Waals surface area contributed by atoms with Crippen LogP contribution in [0.25, 0.3) is 0 Å². The Morgan fingerprint density at radius 3 is 2.16 bits per heavy atom. The molecule has 0 atom stereocenters. The Hall–Kier alpha value is -2.53. The molecule has 1 amide bonds. The zero-order valence-electron chi connectivity index (χ0n) is 10.3. The molecule has 5 nitrogen and oxygen atoms in total. The van der Waals surface area contributed by atoms with Gasteiger partial charge >= 0.3 is 0 Å². The lowest BCUT2D eigenvalue weighted by Gasteiger charge is -2.07. The van der Waals surface area contributed by atoms with Crippen LogP contribution >= 0.6 is 0 Å². The van der Waals surface area contributed by atoms with Crippen LogP contribution in [0.1, 0.15) is 15.9 Å². The molecular formula is C14H15N3O2. The van der Waals surface area contributed by atoms with Crippen molar-refractivity contribution >= 4 is 23.0 Å². The Labute approximate surface area is 110 Å². The van der Waals surface area contributed by atoms with Gasteiger partial charge in [-0.1, -0.05) is 12.1 Å². The molecule has 0 unspecified atom stereocenters. The molecule has 5 heteroatoms. The molecule has 2 rings (SSSR count). The fourth-order valence-electron chi connectivity index (χ4n) is 1.70. The van der Waals surface area contributed by atoms with Crippen LogP contribution < -0.4 is 16.8 Å².